The molecule has 0 spiro atoms. The molecule has 6 nitrogen and oxygen atoms in total. The van der Waals surface area contributed by atoms with Gasteiger partial charge in [-0.05, 0) is 56.6 Å². The van der Waals surface area contributed by atoms with Gasteiger partial charge in [0.25, 0.3) is 0 Å². The zero-order chi connectivity index (χ0) is 17.2. The largest absolute Gasteiger partial charge is 0.340 e. The molecule has 0 radical (unpaired) electrons. The molecule has 25 heavy (non-hydrogen) atoms. The van der Waals surface area contributed by atoms with E-state index in [4.69, 9.17) is 0 Å². The standard InChI is InChI=1S/C16H22FN3O3S.ClH/c17-13-3-5-14(6-4-13)24(22,23)18-8-12-20-11-7-15(16(20)21)19-9-1-2-10-19;/h3-6,15,18H,1-2,7-12H2;1H. The van der Waals surface area contributed by atoms with E-state index in [0.29, 0.717) is 13.1 Å². The van der Waals surface area contributed by atoms with Crippen LogP contribution in [0.1, 0.15) is 19.3 Å². The van der Waals surface area contributed by atoms with Gasteiger partial charge in [-0.25, -0.2) is 17.5 Å². The Morgan fingerprint density at radius 1 is 1.12 bits per heavy atom. The number of benzene rings is 1. The predicted octanol–water partition coefficient (Wildman–Crippen LogP) is 1.22. The summed E-state index contributed by atoms with van der Waals surface area (Å²) < 4.78 is 39.6. The van der Waals surface area contributed by atoms with Crippen molar-refractivity contribution in [2.24, 2.45) is 0 Å². The lowest BCUT2D eigenvalue weighted by Gasteiger charge is -2.22. The number of carbonyl (C=O) groups is 1. The summed E-state index contributed by atoms with van der Waals surface area (Å²) in [5, 5.41) is 0. The molecule has 1 atom stereocenters. The second-order valence-electron chi connectivity index (χ2n) is 6.22. The molecule has 1 unspecified atom stereocenters. The lowest BCUT2D eigenvalue weighted by atomic mass is 10.2. The Morgan fingerprint density at radius 2 is 1.76 bits per heavy atom. The molecule has 1 aromatic carbocycles. The molecule has 2 fully saturated rings. The van der Waals surface area contributed by atoms with Crippen LogP contribution in [0.25, 0.3) is 0 Å². The van der Waals surface area contributed by atoms with Crippen LogP contribution in [-0.4, -0.2) is 62.9 Å². The number of carbonyl (C=O) groups excluding carboxylic acids is 1. The molecular formula is C16H23ClFN3O3S. The van der Waals surface area contributed by atoms with E-state index < -0.39 is 15.8 Å². The van der Waals surface area contributed by atoms with Crippen molar-refractivity contribution in [3.63, 3.8) is 0 Å². The number of hydrogen-bond donors (Lipinski definition) is 1. The topological polar surface area (TPSA) is 69.7 Å². The minimum Gasteiger partial charge on any atom is -0.340 e. The first-order valence-electron chi connectivity index (χ1n) is 8.25. The lowest BCUT2D eigenvalue weighted by Crippen LogP contribution is -2.42. The van der Waals surface area contributed by atoms with E-state index in [1.807, 2.05) is 0 Å². The summed E-state index contributed by atoms with van der Waals surface area (Å²) in [5.41, 5.74) is 0. The number of hydrogen-bond acceptors (Lipinski definition) is 4. The smallest absolute Gasteiger partial charge is 0.240 e. The molecule has 1 aromatic rings. The number of likely N-dealkylation sites (tertiary alicyclic amines) is 2. The summed E-state index contributed by atoms with van der Waals surface area (Å²) in [5.74, 6) is -0.387. The van der Waals surface area contributed by atoms with Crippen molar-refractivity contribution in [3.05, 3.63) is 30.1 Å². The Bertz CT molecular complexity index is 693. The molecule has 0 aliphatic carbocycles. The molecular weight excluding hydrogens is 369 g/mol. The summed E-state index contributed by atoms with van der Waals surface area (Å²) in [4.78, 5) is 16.4. The van der Waals surface area contributed by atoms with Gasteiger partial charge in [-0.1, -0.05) is 0 Å². The van der Waals surface area contributed by atoms with Crippen LogP contribution in [0.15, 0.2) is 29.2 Å². The zero-order valence-corrected chi connectivity index (χ0v) is 15.5. The maximum absolute atomic E-state index is 12.9. The van der Waals surface area contributed by atoms with Crippen molar-refractivity contribution in [1.29, 1.82) is 0 Å². The van der Waals surface area contributed by atoms with Crippen LogP contribution < -0.4 is 4.72 Å². The van der Waals surface area contributed by atoms with E-state index >= 15 is 0 Å². The minimum atomic E-state index is -3.68. The highest BCUT2D eigenvalue weighted by Crippen LogP contribution is 2.21. The zero-order valence-electron chi connectivity index (χ0n) is 13.9. The molecule has 3 rings (SSSR count). The Labute approximate surface area is 153 Å². The fourth-order valence-electron chi connectivity index (χ4n) is 3.35. The van der Waals surface area contributed by atoms with Gasteiger partial charge in [-0.15, -0.1) is 12.4 Å². The van der Waals surface area contributed by atoms with Crippen molar-refractivity contribution in [1.82, 2.24) is 14.5 Å². The lowest BCUT2D eigenvalue weighted by molar-refractivity contribution is -0.131. The second-order valence-corrected chi connectivity index (χ2v) is 7.99. The normalized spacial score (nSPS) is 21.6. The third-order valence-electron chi connectivity index (χ3n) is 4.65. The molecule has 1 N–H and O–H groups in total. The highest BCUT2D eigenvalue weighted by Gasteiger charge is 2.36. The Kier molecular flexibility index (Phi) is 6.79. The fraction of sp³-hybridized carbons (Fsp3) is 0.562. The first kappa shape index (κ1) is 20.1. The Hall–Kier alpha value is -1.22. The molecule has 2 aliphatic heterocycles. The van der Waals surface area contributed by atoms with Gasteiger partial charge in [0.15, 0.2) is 0 Å². The summed E-state index contributed by atoms with van der Waals surface area (Å²) in [6.07, 6.45) is 3.09. The maximum atomic E-state index is 12.9. The number of amides is 1. The van der Waals surface area contributed by atoms with Gasteiger partial charge in [0, 0.05) is 19.6 Å². The number of rotatable bonds is 6. The second kappa shape index (κ2) is 8.44. The van der Waals surface area contributed by atoms with E-state index in [9.17, 15) is 17.6 Å². The van der Waals surface area contributed by atoms with Crippen molar-refractivity contribution in [2.45, 2.75) is 30.2 Å². The van der Waals surface area contributed by atoms with Crippen molar-refractivity contribution in [2.75, 3.05) is 32.7 Å². The summed E-state index contributed by atoms with van der Waals surface area (Å²) in [6.45, 7) is 3.11. The molecule has 1 amide bonds. The van der Waals surface area contributed by atoms with Gasteiger partial charge < -0.3 is 4.90 Å². The number of halogens is 2. The summed E-state index contributed by atoms with van der Waals surface area (Å²) >= 11 is 0. The molecule has 0 saturated carbocycles. The number of nitrogens with one attached hydrogen (secondary N) is 1. The maximum Gasteiger partial charge on any atom is 0.240 e. The van der Waals surface area contributed by atoms with Gasteiger partial charge in [0.1, 0.15) is 5.82 Å². The van der Waals surface area contributed by atoms with Crippen LogP contribution in [0, 0.1) is 5.82 Å². The van der Waals surface area contributed by atoms with E-state index in [2.05, 4.69) is 9.62 Å². The van der Waals surface area contributed by atoms with Crippen LogP contribution in [0.4, 0.5) is 4.39 Å². The quantitative estimate of drug-likeness (QED) is 0.791. The van der Waals surface area contributed by atoms with Crippen molar-refractivity contribution >= 4 is 28.3 Å². The van der Waals surface area contributed by atoms with Crippen LogP contribution in [-0.2, 0) is 14.8 Å². The minimum absolute atomic E-state index is 0. The molecule has 2 aliphatic rings. The molecule has 9 heteroatoms. The molecule has 2 saturated heterocycles. The highest BCUT2D eigenvalue weighted by atomic mass is 35.5. The first-order valence-corrected chi connectivity index (χ1v) is 9.74. The van der Waals surface area contributed by atoms with Gasteiger partial charge in [0.2, 0.25) is 15.9 Å². The van der Waals surface area contributed by atoms with Crippen molar-refractivity contribution < 1.29 is 17.6 Å². The monoisotopic (exact) mass is 391 g/mol. The average Bonchev–Trinajstić information content (AvgIpc) is 3.18. The van der Waals surface area contributed by atoms with Gasteiger partial charge in [0.05, 0.1) is 10.9 Å². The van der Waals surface area contributed by atoms with Gasteiger partial charge >= 0.3 is 0 Å². The molecule has 2 heterocycles. The number of nitrogens with zero attached hydrogens (tertiary/aromatic N) is 2. The molecule has 0 aromatic heterocycles. The molecule has 0 bridgehead atoms. The predicted molar refractivity (Wildman–Crippen MR) is 94.6 cm³/mol. The summed E-state index contributed by atoms with van der Waals surface area (Å²) in [6, 6.07) is 4.63. The van der Waals surface area contributed by atoms with E-state index in [1.54, 1.807) is 4.90 Å². The Morgan fingerprint density at radius 3 is 2.40 bits per heavy atom. The number of sulfonamides is 1. The fourth-order valence-corrected chi connectivity index (χ4v) is 4.37. The Balaban J connectivity index is 0.00000225. The first-order chi connectivity index (χ1) is 11.5. The van der Waals surface area contributed by atoms with E-state index in [0.717, 1.165) is 44.5 Å². The van der Waals surface area contributed by atoms with E-state index in [-0.39, 0.29) is 35.8 Å². The third kappa shape index (κ3) is 4.69. The van der Waals surface area contributed by atoms with Gasteiger partial charge in [-0.3, -0.25) is 9.69 Å². The SMILES string of the molecule is Cl.O=C1C(N2CCCC2)CCN1CCNS(=O)(=O)c1ccc(F)cc1. The average molecular weight is 392 g/mol. The van der Waals surface area contributed by atoms with Crippen LogP contribution in [0.5, 0.6) is 0 Å². The van der Waals surface area contributed by atoms with E-state index in [1.165, 1.54) is 12.1 Å². The summed E-state index contributed by atoms with van der Waals surface area (Å²) in [7, 11) is -3.68. The van der Waals surface area contributed by atoms with Crippen molar-refractivity contribution in [3.8, 4) is 0 Å². The highest BCUT2D eigenvalue weighted by molar-refractivity contribution is 7.89. The van der Waals surface area contributed by atoms with Crippen LogP contribution in [0.2, 0.25) is 0 Å². The molecule has 140 valence electrons. The third-order valence-corrected chi connectivity index (χ3v) is 6.13. The van der Waals surface area contributed by atoms with Crippen LogP contribution in [0.3, 0.4) is 0 Å². The van der Waals surface area contributed by atoms with Crippen LogP contribution >= 0.6 is 12.4 Å². The van der Waals surface area contributed by atoms with Gasteiger partial charge in [-0.2, -0.15) is 0 Å².